The Labute approximate surface area is 161 Å². The smallest absolute Gasteiger partial charge is 0.283 e. The maximum absolute atomic E-state index is 12.4. The van der Waals surface area contributed by atoms with Gasteiger partial charge in [-0.3, -0.25) is 9.59 Å². The van der Waals surface area contributed by atoms with E-state index in [2.05, 4.69) is 10.3 Å². The fourth-order valence-electron chi connectivity index (χ4n) is 2.60. The van der Waals surface area contributed by atoms with E-state index in [0.29, 0.717) is 18.2 Å². The van der Waals surface area contributed by atoms with Crippen LogP contribution >= 0.6 is 11.8 Å². The van der Waals surface area contributed by atoms with Crippen molar-refractivity contribution in [2.75, 3.05) is 12.4 Å². The molecule has 0 aliphatic heterocycles. The Morgan fingerprint density at radius 3 is 2.67 bits per heavy atom. The zero-order valence-corrected chi connectivity index (χ0v) is 16.1. The number of amides is 1. The van der Waals surface area contributed by atoms with Gasteiger partial charge < -0.3 is 14.6 Å². The third-order valence-corrected chi connectivity index (χ3v) is 4.96. The minimum Gasteiger partial charge on any atom is -0.494 e. The van der Waals surface area contributed by atoms with E-state index in [9.17, 15) is 9.59 Å². The van der Waals surface area contributed by atoms with Crippen molar-refractivity contribution in [1.29, 1.82) is 0 Å². The molecule has 6 nitrogen and oxygen atoms in total. The number of nitrogens with zero attached hydrogens (tertiary/aromatic N) is 2. The normalized spacial score (nSPS) is 10.7. The largest absolute Gasteiger partial charge is 0.494 e. The Morgan fingerprint density at radius 2 is 1.93 bits per heavy atom. The zero-order chi connectivity index (χ0) is 19.2. The summed E-state index contributed by atoms with van der Waals surface area (Å²) in [6.07, 6.45) is 0. The van der Waals surface area contributed by atoms with Gasteiger partial charge in [-0.15, -0.1) is 0 Å². The van der Waals surface area contributed by atoms with Gasteiger partial charge in [0.25, 0.3) is 5.56 Å². The van der Waals surface area contributed by atoms with Gasteiger partial charge in [0.2, 0.25) is 5.91 Å². The van der Waals surface area contributed by atoms with Crippen LogP contribution in [0.25, 0.3) is 11.0 Å². The second kappa shape index (κ2) is 8.73. The maximum Gasteiger partial charge on any atom is 0.283 e. The number of benzene rings is 2. The lowest BCUT2D eigenvalue weighted by molar-refractivity contribution is -0.118. The van der Waals surface area contributed by atoms with Gasteiger partial charge in [-0.05, 0) is 36.8 Å². The molecular formula is C20H21N3O3S. The number of carbonyl (C=O) groups excluding carboxylic acids is 1. The van der Waals surface area contributed by atoms with Crippen molar-refractivity contribution in [3.05, 3.63) is 64.4 Å². The predicted octanol–water partition coefficient (Wildman–Crippen LogP) is 2.74. The lowest BCUT2D eigenvalue weighted by Crippen LogP contribution is -2.26. The summed E-state index contributed by atoms with van der Waals surface area (Å²) < 4.78 is 6.95. The van der Waals surface area contributed by atoms with E-state index in [1.807, 2.05) is 55.5 Å². The molecule has 7 heteroatoms. The quantitative estimate of drug-likeness (QED) is 0.635. The first-order chi connectivity index (χ1) is 13.1. The molecule has 1 amide bonds. The van der Waals surface area contributed by atoms with Crippen molar-refractivity contribution in [3.8, 4) is 5.75 Å². The number of hydrogen-bond donors (Lipinski definition) is 1. The van der Waals surface area contributed by atoms with Gasteiger partial charge in [0.05, 0.1) is 23.4 Å². The zero-order valence-electron chi connectivity index (χ0n) is 15.3. The van der Waals surface area contributed by atoms with Crippen LogP contribution in [0.3, 0.4) is 0 Å². The van der Waals surface area contributed by atoms with Crippen LogP contribution in [-0.4, -0.2) is 27.8 Å². The van der Waals surface area contributed by atoms with Gasteiger partial charge in [0.15, 0.2) is 5.03 Å². The molecule has 1 N–H and O–H groups in total. The molecule has 1 aromatic heterocycles. The van der Waals surface area contributed by atoms with E-state index >= 15 is 0 Å². The molecule has 0 unspecified atom stereocenters. The first-order valence-corrected chi connectivity index (χ1v) is 9.64. The number of aromatic nitrogens is 2. The van der Waals surface area contributed by atoms with Crippen LogP contribution in [-0.2, 0) is 18.4 Å². The summed E-state index contributed by atoms with van der Waals surface area (Å²) in [6.45, 7) is 2.98. The van der Waals surface area contributed by atoms with E-state index in [1.165, 1.54) is 0 Å². The molecule has 140 valence electrons. The minimum absolute atomic E-state index is 0.137. The van der Waals surface area contributed by atoms with E-state index in [0.717, 1.165) is 34.1 Å². The molecule has 0 saturated heterocycles. The number of aryl methyl sites for hydroxylation is 1. The first kappa shape index (κ1) is 19.0. The van der Waals surface area contributed by atoms with E-state index in [4.69, 9.17) is 4.74 Å². The van der Waals surface area contributed by atoms with Crippen LogP contribution < -0.4 is 15.6 Å². The molecule has 2 aromatic carbocycles. The van der Waals surface area contributed by atoms with E-state index < -0.39 is 0 Å². The van der Waals surface area contributed by atoms with Crippen molar-refractivity contribution in [2.24, 2.45) is 7.05 Å². The number of rotatable bonds is 7. The third kappa shape index (κ3) is 4.68. The monoisotopic (exact) mass is 383 g/mol. The molecule has 1 heterocycles. The van der Waals surface area contributed by atoms with Crippen molar-refractivity contribution in [3.63, 3.8) is 0 Å². The van der Waals surface area contributed by atoms with Crippen molar-refractivity contribution in [2.45, 2.75) is 18.5 Å². The SMILES string of the molecule is CCOc1ccc(CNC(=O)CSc2nc3ccccc3n(C)c2=O)cc1. The van der Waals surface area contributed by atoms with Crippen LogP contribution in [0.1, 0.15) is 12.5 Å². The maximum atomic E-state index is 12.4. The van der Waals surface area contributed by atoms with Gasteiger partial charge in [-0.2, -0.15) is 0 Å². The Bertz CT molecular complexity index is 1000. The number of hydrogen-bond acceptors (Lipinski definition) is 5. The van der Waals surface area contributed by atoms with E-state index in [1.54, 1.807) is 11.6 Å². The minimum atomic E-state index is -0.196. The Kier molecular flexibility index (Phi) is 6.13. The average molecular weight is 383 g/mol. The van der Waals surface area contributed by atoms with Crippen molar-refractivity contribution >= 4 is 28.7 Å². The molecule has 0 aliphatic rings. The standard InChI is InChI=1S/C20H21N3O3S/c1-3-26-15-10-8-14(9-11-15)12-21-18(24)13-27-19-20(25)23(2)17-7-5-4-6-16(17)22-19/h4-11H,3,12-13H2,1-2H3,(H,21,24). The molecule has 0 aliphatic carbocycles. The summed E-state index contributed by atoms with van der Waals surface area (Å²) in [7, 11) is 1.71. The van der Waals surface area contributed by atoms with Crippen molar-refractivity contribution in [1.82, 2.24) is 14.9 Å². The number of thioether (sulfide) groups is 1. The molecule has 3 aromatic rings. The molecule has 0 bridgehead atoms. The van der Waals surface area contributed by atoms with Crippen LogP contribution in [0.2, 0.25) is 0 Å². The number of carbonyl (C=O) groups is 1. The highest BCUT2D eigenvalue weighted by Crippen LogP contribution is 2.16. The van der Waals surface area contributed by atoms with Gasteiger partial charge in [0, 0.05) is 13.6 Å². The van der Waals surface area contributed by atoms with Gasteiger partial charge in [-0.1, -0.05) is 36.0 Å². The topological polar surface area (TPSA) is 73.2 Å². The fourth-order valence-corrected chi connectivity index (χ4v) is 3.40. The highest BCUT2D eigenvalue weighted by atomic mass is 32.2. The molecule has 3 rings (SSSR count). The second-order valence-electron chi connectivity index (χ2n) is 5.91. The molecule has 0 fully saturated rings. The Balaban J connectivity index is 1.58. The molecule has 0 atom stereocenters. The fraction of sp³-hybridized carbons (Fsp3) is 0.250. The lowest BCUT2D eigenvalue weighted by Gasteiger charge is -2.08. The lowest BCUT2D eigenvalue weighted by atomic mass is 10.2. The number of para-hydroxylation sites is 2. The first-order valence-electron chi connectivity index (χ1n) is 8.65. The molecule has 0 spiro atoms. The van der Waals surface area contributed by atoms with Gasteiger partial charge in [0.1, 0.15) is 5.75 Å². The van der Waals surface area contributed by atoms with Crippen LogP contribution in [0.5, 0.6) is 5.75 Å². The highest BCUT2D eigenvalue weighted by molar-refractivity contribution is 7.99. The molecular weight excluding hydrogens is 362 g/mol. The summed E-state index contributed by atoms with van der Waals surface area (Å²) in [5, 5.41) is 3.18. The van der Waals surface area contributed by atoms with E-state index in [-0.39, 0.29) is 17.2 Å². The summed E-state index contributed by atoms with van der Waals surface area (Å²) >= 11 is 1.15. The number of ether oxygens (including phenoxy) is 1. The highest BCUT2D eigenvalue weighted by Gasteiger charge is 2.11. The predicted molar refractivity (Wildman–Crippen MR) is 107 cm³/mol. The molecule has 27 heavy (non-hydrogen) atoms. The number of nitrogens with one attached hydrogen (secondary N) is 1. The second-order valence-corrected chi connectivity index (χ2v) is 6.88. The van der Waals surface area contributed by atoms with Crippen LogP contribution in [0.4, 0.5) is 0 Å². The van der Waals surface area contributed by atoms with Crippen LogP contribution in [0.15, 0.2) is 58.4 Å². The summed E-state index contributed by atoms with van der Waals surface area (Å²) in [5.74, 6) is 0.796. The van der Waals surface area contributed by atoms with Gasteiger partial charge >= 0.3 is 0 Å². The van der Waals surface area contributed by atoms with Crippen LogP contribution in [0, 0.1) is 0 Å². The molecule has 0 saturated carbocycles. The molecule has 0 radical (unpaired) electrons. The van der Waals surface area contributed by atoms with Crippen molar-refractivity contribution < 1.29 is 9.53 Å². The summed E-state index contributed by atoms with van der Waals surface area (Å²) in [5.41, 5.74) is 2.29. The number of fused-ring (bicyclic) bond motifs is 1. The third-order valence-electron chi connectivity index (χ3n) is 4.02. The summed E-state index contributed by atoms with van der Waals surface area (Å²) in [4.78, 5) is 28.9. The summed E-state index contributed by atoms with van der Waals surface area (Å²) in [6, 6.07) is 15.0. The average Bonchev–Trinajstić information content (AvgIpc) is 2.69. The Morgan fingerprint density at radius 1 is 1.19 bits per heavy atom. The van der Waals surface area contributed by atoms with Gasteiger partial charge in [-0.25, -0.2) is 4.98 Å². The Hall–Kier alpha value is -2.80.